The third-order valence-electron chi connectivity index (χ3n) is 1.38. The highest BCUT2D eigenvalue weighted by atomic mass is 28.4. The van der Waals surface area contributed by atoms with Crippen LogP contribution in [-0.2, 0) is 13.6 Å². The molecule has 0 bridgehead atoms. The molecule has 1 heterocycles. The zero-order chi connectivity index (χ0) is 12.6. The van der Waals surface area contributed by atoms with Crippen molar-refractivity contribution in [3.63, 3.8) is 0 Å². The predicted octanol–water partition coefficient (Wildman–Crippen LogP) is 1.98. The molecule has 1 rings (SSSR count). The first kappa shape index (κ1) is 13.1. The molecule has 7 heteroatoms. The molecule has 0 radical (unpaired) electrons. The average Bonchev–Trinajstić information content (AvgIpc) is 2.23. The van der Waals surface area contributed by atoms with Gasteiger partial charge in [-0.2, -0.15) is 9.98 Å². The summed E-state index contributed by atoms with van der Waals surface area (Å²) in [5.41, 5.74) is 0. The van der Waals surface area contributed by atoms with Crippen LogP contribution in [0.15, 0.2) is 9.98 Å². The van der Waals surface area contributed by atoms with Crippen LogP contribution in [-0.4, -0.2) is 34.5 Å². The summed E-state index contributed by atoms with van der Waals surface area (Å²) < 4.78 is 11.0. The number of nitrogens with zero attached hydrogens (tertiary/aromatic N) is 2. The van der Waals surface area contributed by atoms with Gasteiger partial charge in [-0.3, -0.25) is 4.79 Å². The molecule has 0 atom stereocenters. The van der Waals surface area contributed by atoms with Crippen molar-refractivity contribution in [2.24, 2.45) is 9.98 Å². The summed E-state index contributed by atoms with van der Waals surface area (Å²) in [6, 6.07) is 0.150. The minimum absolute atomic E-state index is 0.0763. The van der Waals surface area contributed by atoms with Crippen molar-refractivity contribution in [3.8, 4) is 0 Å². The highest BCUT2D eigenvalue weighted by molar-refractivity contribution is 6.73. The monoisotopic (exact) mass is 258 g/mol. The van der Waals surface area contributed by atoms with Crippen LogP contribution >= 0.6 is 0 Å². The Balaban J connectivity index is 2.73. The molecule has 1 amide bonds. The molecule has 0 N–H and O–H groups in total. The molecular weight excluding hydrogens is 240 g/mol. The van der Waals surface area contributed by atoms with E-state index < -0.39 is 22.5 Å². The van der Waals surface area contributed by atoms with Crippen LogP contribution in [0.1, 0.15) is 0 Å². The summed E-state index contributed by atoms with van der Waals surface area (Å²) in [6.07, 6.45) is 0. The Hall–Kier alpha value is -0.956. The standard InChI is InChI=1S/C9H18N2O3Si2/c1-15(2,3)13-8-7(12)10-9(11-8)14-16(4,5)6/h1-6H3. The molecule has 5 nitrogen and oxygen atoms in total. The molecule has 0 fully saturated rings. The van der Waals surface area contributed by atoms with E-state index in [1.54, 1.807) is 0 Å². The first-order valence-corrected chi connectivity index (χ1v) is 12.0. The second-order valence-electron chi connectivity index (χ2n) is 5.55. The first-order chi connectivity index (χ1) is 7.07. The van der Waals surface area contributed by atoms with Gasteiger partial charge in [0, 0.05) is 0 Å². The molecule has 0 unspecified atom stereocenters. The maximum atomic E-state index is 11.5. The Bertz CT molecular complexity index is 347. The van der Waals surface area contributed by atoms with Crippen LogP contribution < -0.4 is 0 Å². The van der Waals surface area contributed by atoms with Gasteiger partial charge in [0.2, 0.25) is 16.6 Å². The molecule has 16 heavy (non-hydrogen) atoms. The molecule has 0 aliphatic carbocycles. The Morgan fingerprint density at radius 2 is 1.38 bits per heavy atom. The Labute approximate surface area is 97.8 Å². The van der Waals surface area contributed by atoms with Crippen molar-refractivity contribution in [1.82, 2.24) is 0 Å². The van der Waals surface area contributed by atoms with Crippen LogP contribution in [0.3, 0.4) is 0 Å². The maximum Gasteiger partial charge on any atom is 0.335 e. The SMILES string of the molecule is C[Si](C)(C)OC1=NC(=O)C(O[Si](C)(C)C)=N1. The number of hydrogen-bond donors (Lipinski definition) is 0. The summed E-state index contributed by atoms with van der Waals surface area (Å²) in [5, 5.41) is 0. The van der Waals surface area contributed by atoms with Crippen molar-refractivity contribution in [1.29, 1.82) is 0 Å². The van der Waals surface area contributed by atoms with Crippen LogP contribution in [0.25, 0.3) is 0 Å². The van der Waals surface area contributed by atoms with Crippen LogP contribution in [0.2, 0.25) is 39.3 Å². The fourth-order valence-corrected chi connectivity index (χ4v) is 2.32. The number of carbonyl (C=O) groups is 1. The maximum absolute atomic E-state index is 11.5. The molecular formula is C9H18N2O3Si2. The summed E-state index contributed by atoms with van der Waals surface area (Å²) in [7, 11) is -3.60. The Morgan fingerprint density at radius 3 is 1.81 bits per heavy atom. The van der Waals surface area contributed by atoms with Crippen LogP contribution in [0.4, 0.5) is 0 Å². The smallest absolute Gasteiger partial charge is 0.335 e. The van der Waals surface area contributed by atoms with Gasteiger partial charge in [-0.05, 0) is 39.3 Å². The quantitative estimate of drug-likeness (QED) is 0.712. The van der Waals surface area contributed by atoms with E-state index in [-0.39, 0.29) is 11.9 Å². The predicted molar refractivity (Wildman–Crippen MR) is 68.7 cm³/mol. The number of amidine groups is 1. The number of aliphatic imine (C=N–C) groups is 2. The fraction of sp³-hybridized carbons (Fsp3) is 0.667. The lowest BCUT2D eigenvalue weighted by atomic mass is 10.6. The normalized spacial score (nSPS) is 17.0. The van der Waals surface area contributed by atoms with E-state index >= 15 is 0 Å². The molecule has 0 aromatic rings. The molecule has 0 saturated carbocycles. The Kier molecular flexibility index (Phi) is 3.39. The minimum Gasteiger partial charge on any atom is -0.527 e. The van der Waals surface area contributed by atoms with Crippen LogP contribution in [0, 0.1) is 0 Å². The van der Waals surface area contributed by atoms with Gasteiger partial charge in [0.1, 0.15) is 0 Å². The third kappa shape index (κ3) is 4.27. The highest BCUT2D eigenvalue weighted by Crippen LogP contribution is 2.12. The highest BCUT2D eigenvalue weighted by Gasteiger charge is 2.30. The lowest BCUT2D eigenvalue weighted by Crippen LogP contribution is -2.31. The molecule has 0 spiro atoms. The van der Waals surface area contributed by atoms with Gasteiger partial charge in [0.25, 0.3) is 5.90 Å². The number of rotatable bonds is 2. The summed E-state index contributed by atoms with van der Waals surface area (Å²) in [4.78, 5) is 19.2. The number of carbonyl (C=O) groups excluding carboxylic acids is 1. The van der Waals surface area contributed by atoms with E-state index in [2.05, 4.69) is 9.98 Å². The summed E-state index contributed by atoms with van der Waals surface area (Å²) in [6.45, 7) is 12.0. The van der Waals surface area contributed by atoms with Gasteiger partial charge in [-0.1, -0.05) is 0 Å². The molecule has 0 aromatic carbocycles. The van der Waals surface area contributed by atoms with E-state index in [4.69, 9.17) is 8.85 Å². The van der Waals surface area contributed by atoms with E-state index in [1.807, 2.05) is 39.3 Å². The second-order valence-corrected chi connectivity index (χ2v) is 14.4. The lowest BCUT2D eigenvalue weighted by Gasteiger charge is -2.17. The number of amides is 1. The zero-order valence-corrected chi connectivity index (χ0v) is 12.6. The van der Waals surface area contributed by atoms with Gasteiger partial charge < -0.3 is 8.85 Å². The van der Waals surface area contributed by atoms with E-state index in [0.717, 1.165) is 0 Å². The van der Waals surface area contributed by atoms with Gasteiger partial charge in [-0.15, -0.1) is 0 Å². The summed E-state index contributed by atoms with van der Waals surface area (Å²) >= 11 is 0. The van der Waals surface area contributed by atoms with Gasteiger partial charge in [0.15, 0.2) is 0 Å². The average molecular weight is 258 g/mol. The second kappa shape index (κ2) is 4.13. The molecule has 0 aromatic heterocycles. The largest absolute Gasteiger partial charge is 0.527 e. The zero-order valence-electron chi connectivity index (χ0n) is 10.6. The first-order valence-electron chi connectivity index (χ1n) is 5.17. The van der Waals surface area contributed by atoms with E-state index in [0.29, 0.717) is 0 Å². The molecule has 1 aliphatic rings. The topological polar surface area (TPSA) is 60.2 Å². The van der Waals surface area contributed by atoms with Crippen molar-refractivity contribution in [2.45, 2.75) is 39.3 Å². The minimum atomic E-state index is -1.82. The van der Waals surface area contributed by atoms with Crippen molar-refractivity contribution < 1.29 is 13.6 Å². The van der Waals surface area contributed by atoms with E-state index in [1.165, 1.54) is 0 Å². The Morgan fingerprint density at radius 1 is 0.875 bits per heavy atom. The molecule has 0 saturated heterocycles. The molecule has 90 valence electrons. The molecule has 1 aliphatic heterocycles. The van der Waals surface area contributed by atoms with Crippen LogP contribution in [0.5, 0.6) is 0 Å². The fourth-order valence-electron chi connectivity index (χ4n) is 0.970. The van der Waals surface area contributed by atoms with Crippen molar-refractivity contribution in [2.75, 3.05) is 0 Å². The van der Waals surface area contributed by atoms with E-state index in [9.17, 15) is 4.79 Å². The van der Waals surface area contributed by atoms with Gasteiger partial charge in [0.05, 0.1) is 0 Å². The van der Waals surface area contributed by atoms with Gasteiger partial charge in [-0.25, -0.2) is 0 Å². The van der Waals surface area contributed by atoms with Crippen molar-refractivity contribution >= 4 is 34.5 Å². The number of hydrogen-bond acceptors (Lipinski definition) is 4. The van der Waals surface area contributed by atoms with Gasteiger partial charge >= 0.3 is 11.9 Å². The summed E-state index contributed by atoms with van der Waals surface area (Å²) in [5.74, 6) is -0.358. The third-order valence-corrected chi connectivity index (χ3v) is 2.98. The lowest BCUT2D eigenvalue weighted by molar-refractivity contribution is -0.112. The van der Waals surface area contributed by atoms with Crippen molar-refractivity contribution in [3.05, 3.63) is 0 Å².